The van der Waals surface area contributed by atoms with Crippen LogP contribution in [-0.2, 0) is 13.0 Å². The maximum atomic E-state index is 5.29. The van der Waals surface area contributed by atoms with Gasteiger partial charge in [-0.2, -0.15) is 0 Å². The molecule has 0 saturated carbocycles. The van der Waals surface area contributed by atoms with E-state index in [0.717, 1.165) is 25.3 Å². The Morgan fingerprint density at radius 3 is 2.94 bits per heavy atom. The zero-order valence-electron chi connectivity index (χ0n) is 10.1. The van der Waals surface area contributed by atoms with Crippen molar-refractivity contribution in [1.82, 2.24) is 10.3 Å². The first-order valence-corrected chi connectivity index (χ1v) is 6.21. The van der Waals surface area contributed by atoms with Gasteiger partial charge in [0, 0.05) is 36.6 Å². The maximum Gasteiger partial charge on any atom is 0.105 e. The molecule has 0 aliphatic heterocycles. The zero-order valence-corrected chi connectivity index (χ0v) is 10.1. The molecule has 0 radical (unpaired) electrons. The number of para-hydroxylation sites is 1. The average Bonchev–Trinajstić information content (AvgIpc) is 3.04. The fourth-order valence-corrected chi connectivity index (χ4v) is 2.17. The molecule has 0 unspecified atom stereocenters. The van der Waals surface area contributed by atoms with Gasteiger partial charge in [0.1, 0.15) is 5.76 Å². The van der Waals surface area contributed by atoms with Crippen LogP contribution in [0.2, 0.25) is 0 Å². The molecule has 0 fully saturated rings. The Hall–Kier alpha value is -2.00. The van der Waals surface area contributed by atoms with E-state index in [1.54, 1.807) is 6.26 Å². The molecule has 0 aliphatic carbocycles. The second-order valence-electron chi connectivity index (χ2n) is 4.37. The van der Waals surface area contributed by atoms with Gasteiger partial charge < -0.3 is 14.7 Å². The van der Waals surface area contributed by atoms with Crippen molar-refractivity contribution in [2.24, 2.45) is 0 Å². The van der Waals surface area contributed by atoms with Crippen LogP contribution in [0.15, 0.2) is 53.3 Å². The quantitative estimate of drug-likeness (QED) is 0.673. The number of furan rings is 1. The fourth-order valence-electron chi connectivity index (χ4n) is 2.17. The predicted octanol–water partition coefficient (Wildman–Crippen LogP) is 3.09. The highest BCUT2D eigenvalue weighted by molar-refractivity contribution is 5.82. The molecule has 3 rings (SSSR count). The number of benzene rings is 1. The van der Waals surface area contributed by atoms with E-state index < -0.39 is 0 Å². The molecular weight excluding hydrogens is 224 g/mol. The number of aromatic amines is 1. The van der Waals surface area contributed by atoms with Crippen LogP contribution < -0.4 is 5.32 Å². The van der Waals surface area contributed by atoms with E-state index in [1.165, 1.54) is 16.5 Å². The minimum absolute atomic E-state index is 0.880. The van der Waals surface area contributed by atoms with Gasteiger partial charge in [-0.1, -0.05) is 18.2 Å². The lowest BCUT2D eigenvalue weighted by atomic mass is 10.2. The van der Waals surface area contributed by atoms with Crippen LogP contribution in [0.1, 0.15) is 11.3 Å². The Kier molecular flexibility index (Phi) is 3.15. The fraction of sp³-hybridized carbons (Fsp3) is 0.200. The maximum absolute atomic E-state index is 5.29. The van der Waals surface area contributed by atoms with Gasteiger partial charge in [0.15, 0.2) is 0 Å². The molecule has 92 valence electrons. The SMILES string of the molecule is c1coc(CCNCc2c[nH]c3ccccc23)c1. The average molecular weight is 240 g/mol. The molecule has 0 saturated heterocycles. The van der Waals surface area contributed by atoms with Gasteiger partial charge in [0.05, 0.1) is 6.26 Å². The van der Waals surface area contributed by atoms with Crippen molar-refractivity contribution in [3.05, 3.63) is 60.2 Å². The van der Waals surface area contributed by atoms with Crippen LogP contribution in [0.25, 0.3) is 10.9 Å². The Balaban J connectivity index is 1.57. The van der Waals surface area contributed by atoms with Gasteiger partial charge in [-0.3, -0.25) is 0 Å². The highest BCUT2D eigenvalue weighted by Crippen LogP contribution is 2.17. The second kappa shape index (κ2) is 5.10. The van der Waals surface area contributed by atoms with E-state index in [4.69, 9.17) is 4.42 Å². The first-order chi connectivity index (χ1) is 8.93. The number of aromatic nitrogens is 1. The highest BCUT2D eigenvalue weighted by atomic mass is 16.3. The summed E-state index contributed by atoms with van der Waals surface area (Å²) in [6.45, 7) is 1.80. The predicted molar refractivity (Wildman–Crippen MR) is 72.4 cm³/mol. The standard InChI is InChI=1S/C15H16N2O/c1-2-6-15-14(5-1)12(11-17-15)10-16-8-7-13-4-3-9-18-13/h1-6,9,11,16-17H,7-8,10H2. The summed E-state index contributed by atoms with van der Waals surface area (Å²) < 4.78 is 5.29. The monoisotopic (exact) mass is 240 g/mol. The van der Waals surface area contributed by atoms with Gasteiger partial charge in [0.2, 0.25) is 0 Å². The van der Waals surface area contributed by atoms with Crippen molar-refractivity contribution in [1.29, 1.82) is 0 Å². The number of hydrogen-bond acceptors (Lipinski definition) is 2. The molecular formula is C15H16N2O. The van der Waals surface area contributed by atoms with Crippen molar-refractivity contribution in [3.8, 4) is 0 Å². The first-order valence-electron chi connectivity index (χ1n) is 6.21. The second-order valence-corrected chi connectivity index (χ2v) is 4.37. The molecule has 3 aromatic rings. The van der Waals surface area contributed by atoms with Gasteiger partial charge in [-0.05, 0) is 23.8 Å². The van der Waals surface area contributed by atoms with E-state index in [9.17, 15) is 0 Å². The van der Waals surface area contributed by atoms with Crippen molar-refractivity contribution in [2.75, 3.05) is 6.54 Å². The molecule has 3 nitrogen and oxygen atoms in total. The molecule has 0 spiro atoms. The lowest BCUT2D eigenvalue weighted by Gasteiger charge is -2.02. The normalized spacial score (nSPS) is 11.1. The lowest BCUT2D eigenvalue weighted by molar-refractivity contribution is 0.499. The largest absolute Gasteiger partial charge is 0.469 e. The Bertz CT molecular complexity index is 610. The van der Waals surface area contributed by atoms with Crippen molar-refractivity contribution in [3.63, 3.8) is 0 Å². The summed E-state index contributed by atoms with van der Waals surface area (Å²) in [6.07, 6.45) is 4.72. The molecule has 2 aromatic heterocycles. The highest BCUT2D eigenvalue weighted by Gasteiger charge is 2.02. The van der Waals surface area contributed by atoms with Gasteiger partial charge in [-0.25, -0.2) is 0 Å². The van der Waals surface area contributed by atoms with Crippen LogP contribution in [0, 0.1) is 0 Å². The summed E-state index contributed by atoms with van der Waals surface area (Å²) >= 11 is 0. The lowest BCUT2D eigenvalue weighted by Crippen LogP contribution is -2.16. The summed E-state index contributed by atoms with van der Waals surface area (Å²) in [5.74, 6) is 1.03. The summed E-state index contributed by atoms with van der Waals surface area (Å²) in [6, 6.07) is 12.3. The van der Waals surface area contributed by atoms with E-state index in [2.05, 4.69) is 34.7 Å². The zero-order chi connectivity index (χ0) is 12.2. The molecule has 2 N–H and O–H groups in total. The van der Waals surface area contributed by atoms with Crippen LogP contribution in [-0.4, -0.2) is 11.5 Å². The molecule has 0 atom stereocenters. The van der Waals surface area contributed by atoms with E-state index in [0.29, 0.717) is 0 Å². The summed E-state index contributed by atoms with van der Waals surface area (Å²) in [5, 5.41) is 4.73. The van der Waals surface area contributed by atoms with E-state index in [-0.39, 0.29) is 0 Å². The third-order valence-corrected chi connectivity index (χ3v) is 3.12. The van der Waals surface area contributed by atoms with Crippen LogP contribution in [0.4, 0.5) is 0 Å². The number of fused-ring (bicyclic) bond motifs is 1. The smallest absolute Gasteiger partial charge is 0.105 e. The molecule has 0 aliphatic rings. The van der Waals surface area contributed by atoms with Crippen LogP contribution in [0.5, 0.6) is 0 Å². The van der Waals surface area contributed by atoms with Gasteiger partial charge in [-0.15, -0.1) is 0 Å². The Morgan fingerprint density at radius 1 is 1.11 bits per heavy atom. The van der Waals surface area contributed by atoms with E-state index in [1.807, 2.05) is 18.2 Å². The molecule has 18 heavy (non-hydrogen) atoms. The topological polar surface area (TPSA) is 41.0 Å². The van der Waals surface area contributed by atoms with Gasteiger partial charge >= 0.3 is 0 Å². The first kappa shape index (κ1) is 11.1. The summed E-state index contributed by atoms with van der Waals surface area (Å²) in [7, 11) is 0. The third-order valence-electron chi connectivity index (χ3n) is 3.12. The number of nitrogens with one attached hydrogen (secondary N) is 2. The minimum Gasteiger partial charge on any atom is -0.469 e. The molecule has 0 amide bonds. The molecule has 0 bridgehead atoms. The number of H-pyrrole nitrogens is 1. The van der Waals surface area contributed by atoms with Crippen molar-refractivity contribution in [2.45, 2.75) is 13.0 Å². The third kappa shape index (κ3) is 2.31. The van der Waals surface area contributed by atoms with Gasteiger partial charge in [0.25, 0.3) is 0 Å². The molecule has 1 aromatic carbocycles. The van der Waals surface area contributed by atoms with Crippen LogP contribution in [0.3, 0.4) is 0 Å². The number of hydrogen-bond donors (Lipinski definition) is 2. The molecule has 3 heteroatoms. The van der Waals surface area contributed by atoms with Crippen LogP contribution >= 0.6 is 0 Å². The number of rotatable bonds is 5. The Morgan fingerprint density at radius 2 is 2.06 bits per heavy atom. The Labute approximate surface area is 106 Å². The van der Waals surface area contributed by atoms with E-state index >= 15 is 0 Å². The molecule has 2 heterocycles. The summed E-state index contributed by atoms with van der Waals surface area (Å²) in [4.78, 5) is 3.28. The minimum atomic E-state index is 0.880. The van der Waals surface area contributed by atoms with Crippen molar-refractivity contribution < 1.29 is 4.42 Å². The summed E-state index contributed by atoms with van der Waals surface area (Å²) in [5.41, 5.74) is 2.50. The van der Waals surface area contributed by atoms with Crippen molar-refractivity contribution >= 4 is 10.9 Å².